The molecule has 0 radical (unpaired) electrons. The van der Waals surface area contributed by atoms with E-state index in [0.29, 0.717) is 39.6 Å². The molecule has 1 aromatic rings. The van der Waals surface area contributed by atoms with Crippen LogP contribution in [0.2, 0.25) is 0 Å². The number of ether oxygens (including phenoxy) is 3. The van der Waals surface area contributed by atoms with E-state index in [9.17, 15) is 0 Å². The average Bonchev–Trinajstić information content (AvgIpc) is 2.73. The third kappa shape index (κ3) is 17.8. The molecule has 0 amide bonds. The standard InChI is InChI=1S/C21H38N2O3S2/c22-12-15-25-17-19-26-18-16-24-14-9-5-3-1-2-4-6-10-20-27-28-21-11-7-8-13-23-21/h7-8,11,13H,1-6,9-10,12,14-20,22H2. The Morgan fingerprint density at radius 3 is 1.96 bits per heavy atom. The third-order valence-electron chi connectivity index (χ3n) is 4.05. The molecular weight excluding hydrogens is 392 g/mol. The minimum absolute atomic E-state index is 0.564. The summed E-state index contributed by atoms with van der Waals surface area (Å²) in [4.78, 5) is 4.32. The predicted octanol–water partition coefficient (Wildman–Crippen LogP) is 4.95. The van der Waals surface area contributed by atoms with Crippen LogP contribution in [0, 0.1) is 0 Å². The maximum atomic E-state index is 5.58. The fourth-order valence-corrected chi connectivity index (χ4v) is 4.58. The maximum absolute atomic E-state index is 5.58. The van der Waals surface area contributed by atoms with Gasteiger partial charge in [-0.05, 0) is 35.8 Å². The molecule has 0 atom stereocenters. The summed E-state index contributed by atoms with van der Waals surface area (Å²) >= 11 is 0. The van der Waals surface area contributed by atoms with Crippen LogP contribution in [0.3, 0.4) is 0 Å². The molecule has 0 fully saturated rings. The van der Waals surface area contributed by atoms with Crippen LogP contribution in [0.1, 0.15) is 51.4 Å². The van der Waals surface area contributed by atoms with Gasteiger partial charge in [-0.2, -0.15) is 0 Å². The number of nitrogens with two attached hydrogens (primary N) is 1. The molecule has 0 aromatic carbocycles. The Labute approximate surface area is 179 Å². The molecule has 0 aliphatic carbocycles. The van der Waals surface area contributed by atoms with Crippen LogP contribution in [0.15, 0.2) is 29.4 Å². The number of aromatic nitrogens is 1. The first kappa shape index (κ1) is 25.7. The number of pyridine rings is 1. The Kier molecular flexibility index (Phi) is 19.7. The minimum Gasteiger partial charge on any atom is -0.379 e. The highest BCUT2D eigenvalue weighted by atomic mass is 33.1. The molecular formula is C21H38N2O3S2. The van der Waals surface area contributed by atoms with Crippen molar-refractivity contribution < 1.29 is 14.2 Å². The zero-order chi connectivity index (χ0) is 20.0. The van der Waals surface area contributed by atoms with Crippen LogP contribution in [-0.4, -0.2) is 56.9 Å². The van der Waals surface area contributed by atoms with Crippen molar-refractivity contribution in [3.63, 3.8) is 0 Å². The molecule has 162 valence electrons. The zero-order valence-electron chi connectivity index (χ0n) is 17.2. The van der Waals surface area contributed by atoms with E-state index in [4.69, 9.17) is 19.9 Å². The second-order valence-corrected chi connectivity index (χ2v) is 8.96. The zero-order valence-corrected chi connectivity index (χ0v) is 18.8. The van der Waals surface area contributed by atoms with Gasteiger partial charge in [-0.3, -0.25) is 0 Å². The molecule has 7 heteroatoms. The van der Waals surface area contributed by atoms with Crippen molar-refractivity contribution in [3.05, 3.63) is 24.4 Å². The third-order valence-corrected chi connectivity index (χ3v) is 6.41. The van der Waals surface area contributed by atoms with Gasteiger partial charge in [0.2, 0.25) is 0 Å². The molecule has 0 unspecified atom stereocenters. The van der Waals surface area contributed by atoms with Gasteiger partial charge < -0.3 is 19.9 Å². The van der Waals surface area contributed by atoms with E-state index in [1.165, 1.54) is 50.7 Å². The topological polar surface area (TPSA) is 66.6 Å². The molecule has 0 bridgehead atoms. The van der Waals surface area contributed by atoms with Gasteiger partial charge in [-0.1, -0.05) is 55.4 Å². The second kappa shape index (κ2) is 21.4. The summed E-state index contributed by atoms with van der Waals surface area (Å²) in [6, 6.07) is 6.07. The Morgan fingerprint density at radius 1 is 0.714 bits per heavy atom. The molecule has 0 spiro atoms. The van der Waals surface area contributed by atoms with Crippen molar-refractivity contribution in [1.82, 2.24) is 4.98 Å². The van der Waals surface area contributed by atoms with E-state index in [1.807, 2.05) is 29.1 Å². The van der Waals surface area contributed by atoms with Crippen LogP contribution in [0.5, 0.6) is 0 Å². The number of hydrogen-bond donors (Lipinski definition) is 1. The molecule has 1 heterocycles. The van der Waals surface area contributed by atoms with Crippen molar-refractivity contribution in [2.45, 2.75) is 56.4 Å². The van der Waals surface area contributed by atoms with Gasteiger partial charge in [0.1, 0.15) is 5.03 Å². The molecule has 0 saturated carbocycles. The molecule has 0 saturated heterocycles. The normalized spacial score (nSPS) is 11.2. The van der Waals surface area contributed by atoms with Crippen molar-refractivity contribution in [2.24, 2.45) is 5.73 Å². The average molecular weight is 431 g/mol. The van der Waals surface area contributed by atoms with Crippen molar-refractivity contribution >= 4 is 21.6 Å². The Bertz CT molecular complexity index is 427. The Morgan fingerprint density at radius 2 is 1.32 bits per heavy atom. The lowest BCUT2D eigenvalue weighted by Gasteiger charge is -2.06. The summed E-state index contributed by atoms with van der Waals surface area (Å²) in [5.41, 5.74) is 5.33. The Balaban J connectivity index is 1.67. The lowest BCUT2D eigenvalue weighted by atomic mass is 10.1. The van der Waals surface area contributed by atoms with Gasteiger partial charge in [0.15, 0.2) is 0 Å². The summed E-state index contributed by atoms with van der Waals surface area (Å²) in [7, 11) is 3.70. The van der Waals surface area contributed by atoms with Crippen LogP contribution in [-0.2, 0) is 14.2 Å². The monoisotopic (exact) mass is 430 g/mol. The van der Waals surface area contributed by atoms with Gasteiger partial charge in [0.05, 0.1) is 33.0 Å². The quantitative estimate of drug-likeness (QED) is 0.219. The van der Waals surface area contributed by atoms with Crippen molar-refractivity contribution in [1.29, 1.82) is 0 Å². The Hall–Kier alpha value is -0.310. The number of unbranched alkanes of at least 4 members (excludes halogenated alkanes) is 7. The first-order valence-corrected chi connectivity index (χ1v) is 12.9. The van der Waals surface area contributed by atoms with Gasteiger partial charge in [0.25, 0.3) is 0 Å². The van der Waals surface area contributed by atoms with E-state index in [-0.39, 0.29) is 0 Å². The van der Waals surface area contributed by atoms with Gasteiger partial charge in [-0.15, -0.1) is 0 Å². The molecule has 0 aliphatic rings. The SMILES string of the molecule is NCCOCCOCCOCCCCCCCCCCSSc1ccccn1. The molecule has 2 N–H and O–H groups in total. The van der Waals surface area contributed by atoms with E-state index in [2.05, 4.69) is 11.1 Å². The number of rotatable bonds is 21. The van der Waals surface area contributed by atoms with E-state index >= 15 is 0 Å². The lowest BCUT2D eigenvalue weighted by Crippen LogP contribution is -2.13. The molecule has 1 aromatic heterocycles. The highest BCUT2D eigenvalue weighted by Crippen LogP contribution is 2.29. The van der Waals surface area contributed by atoms with Crippen LogP contribution in [0.25, 0.3) is 0 Å². The highest BCUT2D eigenvalue weighted by Gasteiger charge is 1.97. The lowest BCUT2D eigenvalue weighted by molar-refractivity contribution is 0.0153. The fourth-order valence-electron chi connectivity index (χ4n) is 2.55. The largest absolute Gasteiger partial charge is 0.379 e. The summed E-state index contributed by atoms with van der Waals surface area (Å²) in [6.45, 7) is 4.56. The highest BCUT2D eigenvalue weighted by molar-refractivity contribution is 8.76. The molecule has 5 nitrogen and oxygen atoms in total. The van der Waals surface area contributed by atoms with Gasteiger partial charge in [0, 0.05) is 25.1 Å². The van der Waals surface area contributed by atoms with Crippen LogP contribution >= 0.6 is 21.6 Å². The molecule has 1 rings (SSSR count). The molecule has 0 aliphatic heterocycles. The number of hydrogen-bond acceptors (Lipinski definition) is 7. The first-order chi connectivity index (χ1) is 13.9. The van der Waals surface area contributed by atoms with E-state index in [1.54, 1.807) is 10.8 Å². The molecule has 28 heavy (non-hydrogen) atoms. The van der Waals surface area contributed by atoms with Crippen LogP contribution < -0.4 is 5.73 Å². The summed E-state index contributed by atoms with van der Waals surface area (Å²) in [5.74, 6) is 1.21. The predicted molar refractivity (Wildman–Crippen MR) is 121 cm³/mol. The van der Waals surface area contributed by atoms with E-state index in [0.717, 1.165) is 18.1 Å². The van der Waals surface area contributed by atoms with Crippen LogP contribution in [0.4, 0.5) is 0 Å². The second-order valence-electron chi connectivity index (χ2n) is 6.53. The minimum atomic E-state index is 0.564. The van der Waals surface area contributed by atoms with Crippen molar-refractivity contribution in [2.75, 3.05) is 51.9 Å². The van der Waals surface area contributed by atoms with Crippen molar-refractivity contribution in [3.8, 4) is 0 Å². The van der Waals surface area contributed by atoms with E-state index < -0.39 is 0 Å². The van der Waals surface area contributed by atoms with Gasteiger partial charge >= 0.3 is 0 Å². The fraction of sp³-hybridized carbons (Fsp3) is 0.762. The summed E-state index contributed by atoms with van der Waals surface area (Å²) in [5, 5.41) is 1.11. The summed E-state index contributed by atoms with van der Waals surface area (Å²) in [6.07, 6.45) is 12.3. The summed E-state index contributed by atoms with van der Waals surface area (Å²) < 4.78 is 16.2. The smallest absolute Gasteiger partial charge is 0.106 e. The number of nitrogens with zero attached hydrogens (tertiary/aromatic N) is 1. The maximum Gasteiger partial charge on any atom is 0.106 e. The van der Waals surface area contributed by atoms with Gasteiger partial charge in [-0.25, -0.2) is 4.98 Å². The first-order valence-electron chi connectivity index (χ1n) is 10.6.